The third-order valence-electron chi connectivity index (χ3n) is 12.3. The van der Waals surface area contributed by atoms with Crippen molar-refractivity contribution < 1.29 is 24.5 Å². The van der Waals surface area contributed by atoms with Gasteiger partial charge < -0.3 is 14.4 Å². The maximum Gasteiger partial charge on any atom is 0.216 e. The van der Waals surface area contributed by atoms with Crippen LogP contribution in [-0.4, -0.2) is 23.0 Å². The molecule has 1 aliphatic carbocycles. The summed E-state index contributed by atoms with van der Waals surface area (Å²) >= 11 is 0. The van der Waals surface area contributed by atoms with E-state index in [0.29, 0.717) is 5.71 Å². The van der Waals surface area contributed by atoms with Crippen LogP contribution in [0.2, 0.25) is 19.6 Å². The largest absolute Gasteiger partial charge is 0.486 e. The van der Waals surface area contributed by atoms with Gasteiger partial charge in [0.05, 0.1) is 19.4 Å². The molecule has 8 rings (SSSR count). The van der Waals surface area contributed by atoms with Crippen LogP contribution < -0.4 is 5.19 Å². The molecular weight excluding hydrogens is 891 g/mol. The van der Waals surface area contributed by atoms with E-state index in [1.165, 1.54) is 60.8 Å². The zero-order valence-electron chi connectivity index (χ0n) is 35.1. The summed E-state index contributed by atoms with van der Waals surface area (Å²) in [5, 5.41) is 3.60. The van der Waals surface area contributed by atoms with Gasteiger partial charge in [-0.05, 0) is 95.9 Å². The molecule has 4 heterocycles. The zero-order chi connectivity index (χ0) is 39.5. The van der Waals surface area contributed by atoms with Crippen molar-refractivity contribution in [2.75, 3.05) is 0 Å². The zero-order valence-corrected chi connectivity index (χ0v) is 38.5. The summed E-state index contributed by atoms with van der Waals surface area (Å²) in [7, 11) is -1.36. The van der Waals surface area contributed by atoms with Crippen LogP contribution in [0.15, 0.2) is 102 Å². The van der Waals surface area contributed by atoms with Crippen LogP contribution >= 0.6 is 0 Å². The van der Waals surface area contributed by atoms with Gasteiger partial charge in [-0.15, -0.1) is 54.1 Å². The van der Waals surface area contributed by atoms with Crippen LogP contribution in [-0.2, 0) is 31.9 Å². The molecule has 1 aliphatic rings. The molecule has 6 heteroatoms. The first-order valence-electron chi connectivity index (χ1n) is 20.7. The predicted molar refractivity (Wildman–Crippen MR) is 238 cm³/mol. The Morgan fingerprint density at radius 1 is 0.772 bits per heavy atom. The molecular formula is C51H57IrN3OSi-2. The van der Waals surface area contributed by atoms with Gasteiger partial charge in [0.2, 0.25) is 5.71 Å². The van der Waals surface area contributed by atoms with Crippen molar-refractivity contribution >= 4 is 35.3 Å². The minimum Gasteiger partial charge on any atom is -0.486 e. The van der Waals surface area contributed by atoms with Crippen molar-refractivity contribution in [1.29, 1.82) is 0 Å². The van der Waals surface area contributed by atoms with Crippen molar-refractivity contribution in [3.8, 4) is 33.8 Å². The number of aryl methyl sites for hydroxylation is 2. The molecule has 0 bridgehead atoms. The molecule has 0 atom stereocenters. The van der Waals surface area contributed by atoms with Gasteiger partial charge >= 0.3 is 0 Å². The molecule has 4 aromatic heterocycles. The van der Waals surface area contributed by atoms with Crippen LogP contribution in [0.1, 0.15) is 88.0 Å². The van der Waals surface area contributed by atoms with E-state index in [1.807, 2.05) is 24.4 Å². The Kier molecular flexibility index (Phi) is 13.5. The van der Waals surface area contributed by atoms with Crippen LogP contribution in [0.4, 0.5) is 0 Å². The molecule has 1 radical (unpaired) electrons. The van der Waals surface area contributed by atoms with Crippen LogP contribution in [0, 0.1) is 31.9 Å². The third kappa shape index (κ3) is 9.25. The molecule has 297 valence electrons. The predicted octanol–water partition coefficient (Wildman–Crippen LogP) is 13.4. The molecule has 0 amide bonds. The summed E-state index contributed by atoms with van der Waals surface area (Å²) in [6, 6.07) is 36.1. The van der Waals surface area contributed by atoms with Gasteiger partial charge in [0.15, 0.2) is 0 Å². The minimum absolute atomic E-state index is 0. The van der Waals surface area contributed by atoms with Gasteiger partial charge in [0.1, 0.15) is 0 Å². The van der Waals surface area contributed by atoms with E-state index in [-0.39, 0.29) is 25.5 Å². The molecule has 0 N–H and O–H groups in total. The van der Waals surface area contributed by atoms with E-state index in [2.05, 4.69) is 144 Å². The van der Waals surface area contributed by atoms with Crippen molar-refractivity contribution in [3.63, 3.8) is 0 Å². The smallest absolute Gasteiger partial charge is 0.216 e. The van der Waals surface area contributed by atoms with E-state index >= 15 is 0 Å². The molecule has 3 aromatic carbocycles. The first-order chi connectivity index (χ1) is 27.0. The van der Waals surface area contributed by atoms with Crippen molar-refractivity contribution in [3.05, 3.63) is 132 Å². The summed E-state index contributed by atoms with van der Waals surface area (Å²) in [6.45, 7) is 18.4. The summed E-state index contributed by atoms with van der Waals surface area (Å²) in [6.07, 6.45) is 14.5. The molecule has 0 saturated heterocycles. The van der Waals surface area contributed by atoms with E-state index in [4.69, 9.17) is 14.4 Å². The molecule has 0 aliphatic heterocycles. The standard InChI is InChI=1S/C30H29N2O.C21H28NSi.Ir/c1-6-30(5,7-2)21-16-17-31-26(18-21)24-13-9-12-22-23-14-15-25(32-29(23)33-28(22)24)27-19(3)10-8-11-20(27)4;1-23(2,3)21-16-22-20(18-12-8-5-9-13-18)15-19(21)14-17-10-6-4-7-11-17;/h8-12,14-18H,6-7H2,1-5H3;5,8-9,12,15-17H,4,6-7,10-11,14H2,1-3H3;/q2*-1;. The average molecular weight is 948 g/mol. The fourth-order valence-corrected chi connectivity index (χ4v) is 10.1. The average Bonchev–Trinajstić information content (AvgIpc) is 3.59. The number of furan rings is 1. The molecule has 4 nitrogen and oxygen atoms in total. The number of fused-ring (bicyclic) bond motifs is 3. The monoisotopic (exact) mass is 948 g/mol. The topological polar surface area (TPSA) is 51.8 Å². The van der Waals surface area contributed by atoms with E-state index < -0.39 is 8.07 Å². The van der Waals surface area contributed by atoms with Gasteiger partial charge in [0, 0.05) is 43.4 Å². The molecule has 0 spiro atoms. The first-order valence-corrected chi connectivity index (χ1v) is 24.2. The number of pyridine rings is 3. The van der Waals surface area contributed by atoms with Gasteiger partial charge in [-0.2, -0.15) is 0 Å². The first kappa shape index (κ1) is 42.4. The van der Waals surface area contributed by atoms with Crippen LogP contribution in [0.5, 0.6) is 0 Å². The van der Waals surface area contributed by atoms with E-state index in [0.717, 1.165) is 63.3 Å². The second-order valence-electron chi connectivity index (χ2n) is 17.2. The van der Waals surface area contributed by atoms with Crippen LogP contribution in [0.3, 0.4) is 0 Å². The van der Waals surface area contributed by atoms with Crippen molar-refractivity contribution in [2.45, 2.75) is 111 Å². The van der Waals surface area contributed by atoms with E-state index in [1.54, 1.807) is 10.8 Å². The molecule has 0 unspecified atom stereocenters. The number of benzene rings is 3. The number of hydrogen-bond donors (Lipinski definition) is 0. The number of hydrogen-bond acceptors (Lipinski definition) is 4. The normalized spacial score (nSPS) is 13.6. The fourth-order valence-electron chi connectivity index (χ4n) is 8.51. The third-order valence-corrected chi connectivity index (χ3v) is 14.4. The second-order valence-corrected chi connectivity index (χ2v) is 22.2. The maximum atomic E-state index is 6.38. The second kappa shape index (κ2) is 18.1. The van der Waals surface area contributed by atoms with Crippen LogP contribution in [0.25, 0.3) is 55.8 Å². The summed E-state index contributed by atoms with van der Waals surface area (Å²) in [5.74, 6) is 0.869. The quantitative estimate of drug-likeness (QED) is 0.107. The Labute approximate surface area is 355 Å². The van der Waals surface area contributed by atoms with Gasteiger partial charge in [-0.3, -0.25) is 0 Å². The SMILES string of the molecule is CCC(C)(CC)c1ccnc(-c2[c-]ccc3c2oc2nc(-c4c(C)cccc4C)ccc23)c1.C[Si](C)(C)c1cnc(-c2[c-]cccc2)cc1CC1CCCCC1.[Ir]. The van der Waals surface area contributed by atoms with Gasteiger partial charge in [-0.1, -0.05) is 119 Å². The molecule has 1 saturated carbocycles. The summed E-state index contributed by atoms with van der Waals surface area (Å²) in [5.41, 5.74) is 12.9. The summed E-state index contributed by atoms with van der Waals surface area (Å²) in [4.78, 5) is 14.4. The number of nitrogens with zero attached hydrogens (tertiary/aromatic N) is 3. The fraction of sp³-hybridized carbons (Fsp3) is 0.353. The van der Waals surface area contributed by atoms with E-state index in [9.17, 15) is 0 Å². The number of rotatable bonds is 9. The Morgan fingerprint density at radius 2 is 1.53 bits per heavy atom. The summed E-state index contributed by atoms with van der Waals surface area (Å²) < 4.78 is 6.38. The van der Waals surface area contributed by atoms with Crippen molar-refractivity contribution in [2.24, 2.45) is 5.92 Å². The van der Waals surface area contributed by atoms with Gasteiger partial charge in [-0.25, -0.2) is 4.98 Å². The van der Waals surface area contributed by atoms with Gasteiger partial charge in [0.25, 0.3) is 0 Å². The minimum atomic E-state index is -1.36. The number of aromatic nitrogens is 3. The maximum absolute atomic E-state index is 6.38. The molecule has 57 heavy (non-hydrogen) atoms. The molecule has 7 aromatic rings. The Hall–Kier alpha value is -4.22. The Morgan fingerprint density at radius 3 is 2.21 bits per heavy atom. The van der Waals surface area contributed by atoms with Crippen molar-refractivity contribution in [1.82, 2.24) is 15.0 Å². The Bertz CT molecular complexity index is 2420. The Balaban J connectivity index is 0.000000202. The molecule has 1 fully saturated rings.